The van der Waals surface area contributed by atoms with E-state index in [-0.39, 0.29) is 0 Å². The number of carbonyl (C=O) groups excluding carboxylic acids is 2. The van der Waals surface area contributed by atoms with Crippen LogP contribution in [0.3, 0.4) is 0 Å². The van der Waals surface area contributed by atoms with Gasteiger partial charge in [0.25, 0.3) is 0 Å². The minimum Gasteiger partial charge on any atom is -0.464 e. The van der Waals surface area contributed by atoms with E-state index in [0.29, 0.717) is 17.8 Å². The number of aldehydes is 1. The number of hydrogen-bond donors (Lipinski definition) is 0. The largest absolute Gasteiger partial charge is 0.464 e. The average Bonchev–Trinajstić information content (AvgIpc) is 2.83. The van der Waals surface area contributed by atoms with Crippen molar-refractivity contribution in [3.05, 3.63) is 58.9 Å². The summed E-state index contributed by atoms with van der Waals surface area (Å²) in [6, 6.07) is 9.55. The zero-order valence-corrected chi connectivity index (χ0v) is 10.9. The lowest BCUT2D eigenvalue weighted by molar-refractivity contribution is 0.0589. The summed E-state index contributed by atoms with van der Waals surface area (Å²) in [5.74, 6) is -0.444. The Morgan fingerprint density at radius 1 is 1.32 bits per heavy atom. The van der Waals surface area contributed by atoms with Crippen LogP contribution in [-0.4, -0.2) is 23.9 Å². The molecule has 2 aromatic rings. The Kier molecular flexibility index (Phi) is 3.80. The van der Waals surface area contributed by atoms with Gasteiger partial charge in [0.05, 0.1) is 7.11 Å². The topological polar surface area (TPSA) is 48.3 Å². The molecule has 0 unspecified atom stereocenters. The number of ether oxygens (including phenoxy) is 1. The number of nitrogens with zero attached hydrogens (tertiary/aromatic N) is 1. The molecule has 1 aromatic carbocycles. The highest BCUT2D eigenvalue weighted by Crippen LogP contribution is 2.12. The molecule has 4 nitrogen and oxygen atoms in total. The van der Waals surface area contributed by atoms with Crippen molar-refractivity contribution in [3.63, 3.8) is 0 Å². The second-order valence-corrected chi connectivity index (χ2v) is 4.38. The number of methoxy groups -OCH3 is 1. The van der Waals surface area contributed by atoms with Gasteiger partial charge in [-0.25, -0.2) is 4.79 Å². The fourth-order valence-corrected chi connectivity index (χ4v) is 1.89. The maximum absolute atomic E-state index is 11.6. The monoisotopic (exact) mass is 257 g/mol. The van der Waals surface area contributed by atoms with E-state index in [1.165, 1.54) is 18.7 Å². The molecule has 0 N–H and O–H groups in total. The lowest BCUT2D eigenvalue weighted by Gasteiger charge is -2.08. The van der Waals surface area contributed by atoms with Crippen molar-refractivity contribution >= 4 is 12.3 Å². The van der Waals surface area contributed by atoms with Crippen molar-refractivity contribution in [2.45, 2.75) is 13.5 Å². The molecule has 1 aromatic heterocycles. The Balaban J connectivity index is 2.32. The third kappa shape index (κ3) is 2.91. The molecular weight excluding hydrogens is 242 g/mol. The molecule has 0 bridgehead atoms. The molecule has 0 saturated heterocycles. The van der Waals surface area contributed by atoms with E-state index >= 15 is 0 Å². The number of benzene rings is 1. The first-order chi connectivity index (χ1) is 9.13. The quantitative estimate of drug-likeness (QED) is 0.624. The Bertz CT molecular complexity index is 596. The standard InChI is InChI=1S/C15H15NO3/c1-11-3-5-12(6-4-11)8-16-9-13(10-17)7-14(16)15(18)19-2/h3-7,9-10H,8H2,1-2H3. The van der Waals surface area contributed by atoms with Gasteiger partial charge in [-0.2, -0.15) is 0 Å². The summed E-state index contributed by atoms with van der Waals surface area (Å²) in [4.78, 5) is 22.5. The zero-order chi connectivity index (χ0) is 13.8. The molecule has 0 amide bonds. The van der Waals surface area contributed by atoms with Crippen LogP contribution in [0.2, 0.25) is 0 Å². The van der Waals surface area contributed by atoms with Gasteiger partial charge in [0.1, 0.15) is 5.69 Å². The molecule has 0 aliphatic carbocycles. The molecule has 19 heavy (non-hydrogen) atoms. The fourth-order valence-electron chi connectivity index (χ4n) is 1.89. The van der Waals surface area contributed by atoms with E-state index in [0.717, 1.165) is 11.8 Å². The van der Waals surface area contributed by atoms with Gasteiger partial charge in [-0.05, 0) is 18.6 Å². The van der Waals surface area contributed by atoms with Gasteiger partial charge in [0.15, 0.2) is 6.29 Å². The van der Waals surface area contributed by atoms with Crippen molar-refractivity contribution < 1.29 is 14.3 Å². The van der Waals surface area contributed by atoms with Gasteiger partial charge in [-0.15, -0.1) is 0 Å². The van der Waals surface area contributed by atoms with E-state index < -0.39 is 5.97 Å². The number of aryl methyl sites for hydroxylation is 1. The highest BCUT2D eigenvalue weighted by Gasteiger charge is 2.14. The van der Waals surface area contributed by atoms with Crippen molar-refractivity contribution in [2.24, 2.45) is 0 Å². The summed E-state index contributed by atoms with van der Waals surface area (Å²) in [7, 11) is 1.33. The highest BCUT2D eigenvalue weighted by atomic mass is 16.5. The van der Waals surface area contributed by atoms with Crippen LogP contribution in [0.5, 0.6) is 0 Å². The third-order valence-electron chi connectivity index (χ3n) is 2.92. The summed E-state index contributed by atoms with van der Waals surface area (Å²) in [5, 5.41) is 0. The van der Waals surface area contributed by atoms with Crippen LogP contribution in [-0.2, 0) is 11.3 Å². The molecular formula is C15H15NO3. The fraction of sp³-hybridized carbons (Fsp3) is 0.200. The van der Waals surface area contributed by atoms with E-state index in [1.54, 1.807) is 10.8 Å². The Hall–Kier alpha value is -2.36. The second-order valence-electron chi connectivity index (χ2n) is 4.38. The third-order valence-corrected chi connectivity index (χ3v) is 2.92. The second kappa shape index (κ2) is 5.52. The van der Waals surface area contributed by atoms with Gasteiger partial charge >= 0.3 is 5.97 Å². The normalized spacial score (nSPS) is 10.2. The summed E-state index contributed by atoms with van der Waals surface area (Å²) in [6.45, 7) is 2.54. The molecule has 2 rings (SSSR count). The van der Waals surface area contributed by atoms with Crippen molar-refractivity contribution in [1.82, 2.24) is 4.57 Å². The molecule has 0 saturated carbocycles. The Morgan fingerprint density at radius 2 is 2.00 bits per heavy atom. The van der Waals surface area contributed by atoms with Crippen LogP contribution < -0.4 is 0 Å². The number of esters is 1. The zero-order valence-electron chi connectivity index (χ0n) is 10.9. The molecule has 4 heteroatoms. The van der Waals surface area contributed by atoms with Crippen LogP contribution in [0.1, 0.15) is 32.0 Å². The van der Waals surface area contributed by atoms with Gasteiger partial charge in [-0.3, -0.25) is 4.79 Å². The van der Waals surface area contributed by atoms with Crippen LogP contribution >= 0.6 is 0 Å². The van der Waals surface area contributed by atoms with Crippen LogP contribution in [0.25, 0.3) is 0 Å². The SMILES string of the molecule is COC(=O)c1cc(C=O)cn1Cc1ccc(C)cc1. The average molecular weight is 257 g/mol. The minimum absolute atomic E-state index is 0.380. The molecule has 1 heterocycles. The maximum atomic E-state index is 11.6. The molecule has 0 fully saturated rings. The predicted octanol–water partition coefficient (Wildman–Crippen LogP) is 2.44. The molecule has 0 aliphatic heterocycles. The van der Waals surface area contributed by atoms with Gasteiger partial charge in [0, 0.05) is 18.3 Å². The molecule has 0 aliphatic rings. The summed E-state index contributed by atoms with van der Waals surface area (Å²) < 4.78 is 6.44. The Labute approximate surface area is 111 Å². The first-order valence-electron chi connectivity index (χ1n) is 5.93. The molecule has 98 valence electrons. The predicted molar refractivity (Wildman–Crippen MR) is 71.4 cm³/mol. The van der Waals surface area contributed by atoms with Crippen molar-refractivity contribution in [2.75, 3.05) is 7.11 Å². The lowest BCUT2D eigenvalue weighted by atomic mass is 10.1. The maximum Gasteiger partial charge on any atom is 0.354 e. The Morgan fingerprint density at radius 3 is 2.58 bits per heavy atom. The summed E-state index contributed by atoms with van der Waals surface area (Å²) in [5.41, 5.74) is 3.08. The number of hydrogen-bond acceptors (Lipinski definition) is 3. The lowest BCUT2D eigenvalue weighted by Crippen LogP contribution is -2.10. The summed E-state index contributed by atoms with van der Waals surface area (Å²) in [6.07, 6.45) is 2.37. The highest BCUT2D eigenvalue weighted by molar-refractivity contribution is 5.90. The van der Waals surface area contributed by atoms with Gasteiger partial charge in [-0.1, -0.05) is 29.8 Å². The first kappa shape index (κ1) is 13.1. The number of rotatable bonds is 4. The first-order valence-corrected chi connectivity index (χ1v) is 5.93. The molecule has 0 atom stereocenters. The number of aromatic nitrogens is 1. The van der Waals surface area contributed by atoms with E-state index in [9.17, 15) is 9.59 Å². The van der Waals surface area contributed by atoms with Crippen molar-refractivity contribution in [1.29, 1.82) is 0 Å². The van der Waals surface area contributed by atoms with E-state index in [1.807, 2.05) is 31.2 Å². The van der Waals surface area contributed by atoms with E-state index in [2.05, 4.69) is 0 Å². The van der Waals surface area contributed by atoms with Crippen LogP contribution in [0, 0.1) is 6.92 Å². The molecule has 0 spiro atoms. The smallest absolute Gasteiger partial charge is 0.354 e. The van der Waals surface area contributed by atoms with Crippen LogP contribution in [0.4, 0.5) is 0 Å². The minimum atomic E-state index is -0.444. The van der Waals surface area contributed by atoms with Crippen molar-refractivity contribution in [3.8, 4) is 0 Å². The van der Waals surface area contributed by atoms with Crippen LogP contribution in [0.15, 0.2) is 36.5 Å². The molecule has 0 radical (unpaired) electrons. The van der Waals surface area contributed by atoms with Gasteiger partial charge in [0.2, 0.25) is 0 Å². The number of carbonyl (C=O) groups is 2. The summed E-state index contributed by atoms with van der Waals surface area (Å²) >= 11 is 0. The van der Waals surface area contributed by atoms with Gasteiger partial charge < -0.3 is 9.30 Å². The van der Waals surface area contributed by atoms with E-state index in [4.69, 9.17) is 4.74 Å².